The van der Waals surface area contributed by atoms with Crippen LogP contribution < -0.4 is 0 Å². The van der Waals surface area contributed by atoms with Gasteiger partial charge < -0.3 is 0 Å². The van der Waals surface area contributed by atoms with Gasteiger partial charge in [-0.25, -0.2) is 4.98 Å². The maximum atomic E-state index is 12.8. The number of nitrogens with zero attached hydrogens (tertiary/aromatic N) is 3. The molecule has 1 N–H and O–H groups in total. The van der Waals surface area contributed by atoms with Crippen molar-refractivity contribution in [1.82, 2.24) is 19.7 Å². The van der Waals surface area contributed by atoms with Crippen LogP contribution in [-0.4, -0.2) is 19.7 Å². The second-order valence-corrected chi connectivity index (χ2v) is 6.01. The van der Waals surface area contributed by atoms with Gasteiger partial charge in [0.25, 0.3) is 0 Å². The number of fused-ring (bicyclic) bond motifs is 1. The molecule has 2 aromatic heterocycles. The molecule has 8 heteroatoms. The molecule has 0 unspecified atom stereocenters. The molecule has 130 valence electrons. The van der Waals surface area contributed by atoms with Crippen molar-refractivity contribution >= 4 is 23.1 Å². The minimum atomic E-state index is -4.39. The normalized spacial score (nSPS) is 11.8. The Hall–Kier alpha value is -3.00. The second kappa shape index (κ2) is 6.06. The third-order valence-corrected chi connectivity index (χ3v) is 4.23. The Morgan fingerprint density at radius 2 is 1.65 bits per heavy atom. The molecule has 26 heavy (non-hydrogen) atoms. The Kier molecular flexibility index (Phi) is 3.84. The molecule has 2 aromatic carbocycles. The zero-order valence-electron chi connectivity index (χ0n) is 13.2. The minimum absolute atomic E-state index is 0.273. The molecule has 4 nitrogen and oxygen atoms in total. The molecule has 0 radical (unpaired) electrons. The highest BCUT2D eigenvalue weighted by molar-refractivity contribution is 7.71. The Bertz CT molecular complexity index is 1140. The van der Waals surface area contributed by atoms with Gasteiger partial charge in [0, 0.05) is 5.39 Å². The van der Waals surface area contributed by atoms with Gasteiger partial charge in [0.1, 0.15) is 5.69 Å². The van der Waals surface area contributed by atoms with E-state index in [0.717, 1.165) is 23.0 Å². The van der Waals surface area contributed by atoms with Crippen LogP contribution in [0.15, 0.2) is 60.7 Å². The summed E-state index contributed by atoms with van der Waals surface area (Å²) in [4.78, 5) is 4.57. The molecule has 2 heterocycles. The lowest BCUT2D eigenvalue weighted by molar-refractivity contribution is -0.137. The van der Waals surface area contributed by atoms with E-state index in [1.165, 1.54) is 12.1 Å². The summed E-state index contributed by atoms with van der Waals surface area (Å²) in [5.41, 5.74) is 1.11. The van der Waals surface area contributed by atoms with E-state index < -0.39 is 11.7 Å². The van der Waals surface area contributed by atoms with Crippen molar-refractivity contribution in [3.8, 4) is 17.2 Å². The van der Waals surface area contributed by atoms with Gasteiger partial charge in [-0.05, 0) is 48.6 Å². The number of alkyl halides is 3. The number of hydrogen-bond donors (Lipinski definition) is 1. The van der Waals surface area contributed by atoms with Gasteiger partial charge >= 0.3 is 6.18 Å². The van der Waals surface area contributed by atoms with E-state index in [-0.39, 0.29) is 4.77 Å². The number of pyridine rings is 1. The number of nitrogens with one attached hydrogen (secondary N) is 1. The Morgan fingerprint density at radius 3 is 2.38 bits per heavy atom. The second-order valence-electron chi connectivity index (χ2n) is 5.62. The zero-order valence-corrected chi connectivity index (χ0v) is 14.0. The Morgan fingerprint density at radius 1 is 0.923 bits per heavy atom. The van der Waals surface area contributed by atoms with Crippen LogP contribution in [0.1, 0.15) is 5.56 Å². The van der Waals surface area contributed by atoms with Crippen molar-refractivity contribution in [1.29, 1.82) is 0 Å². The molecule has 0 bridgehead atoms. The molecule has 0 aliphatic heterocycles. The third-order valence-electron chi connectivity index (χ3n) is 3.95. The number of aromatic amines is 1. The number of rotatable bonds is 2. The summed E-state index contributed by atoms with van der Waals surface area (Å²) in [6.45, 7) is 0. The van der Waals surface area contributed by atoms with Crippen LogP contribution >= 0.6 is 12.2 Å². The number of benzene rings is 2. The standard InChI is InChI=1S/C18H11F3N4S/c19-18(20,21)12-6-8-13(9-7-12)25-16(23-24-17(25)26)15-10-5-11-3-1-2-4-14(11)22-15/h1-10H,(H,24,26). The Labute approximate surface area is 150 Å². The fraction of sp³-hybridized carbons (Fsp3) is 0.0556. The van der Waals surface area contributed by atoms with Crippen molar-refractivity contribution in [2.45, 2.75) is 6.18 Å². The number of aromatic nitrogens is 4. The number of hydrogen-bond acceptors (Lipinski definition) is 3. The highest BCUT2D eigenvalue weighted by Crippen LogP contribution is 2.30. The van der Waals surface area contributed by atoms with E-state index in [1.54, 1.807) is 10.6 Å². The van der Waals surface area contributed by atoms with Gasteiger partial charge in [0.15, 0.2) is 10.6 Å². The molecule has 0 aliphatic carbocycles. The maximum absolute atomic E-state index is 12.8. The van der Waals surface area contributed by atoms with Crippen molar-refractivity contribution in [2.75, 3.05) is 0 Å². The predicted octanol–water partition coefficient (Wildman–Crippen LogP) is 5.16. The maximum Gasteiger partial charge on any atom is 0.416 e. The lowest BCUT2D eigenvalue weighted by Gasteiger charge is -2.10. The molecule has 0 fully saturated rings. The molecular weight excluding hydrogens is 361 g/mol. The molecule has 4 rings (SSSR count). The van der Waals surface area contributed by atoms with E-state index in [2.05, 4.69) is 15.2 Å². The average molecular weight is 372 g/mol. The van der Waals surface area contributed by atoms with E-state index in [0.29, 0.717) is 17.2 Å². The molecule has 0 saturated carbocycles. The van der Waals surface area contributed by atoms with E-state index in [4.69, 9.17) is 12.2 Å². The summed E-state index contributed by atoms with van der Waals surface area (Å²) in [7, 11) is 0. The minimum Gasteiger partial charge on any atom is -0.267 e. The highest BCUT2D eigenvalue weighted by atomic mass is 32.1. The largest absolute Gasteiger partial charge is 0.416 e. The molecule has 0 saturated heterocycles. The predicted molar refractivity (Wildman–Crippen MR) is 94.5 cm³/mol. The first-order chi connectivity index (χ1) is 12.4. The quantitative estimate of drug-likeness (QED) is 0.494. The summed E-state index contributed by atoms with van der Waals surface area (Å²) in [6.07, 6.45) is -4.39. The fourth-order valence-corrected chi connectivity index (χ4v) is 2.94. The average Bonchev–Trinajstić information content (AvgIpc) is 3.02. The van der Waals surface area contributed by atoms with Gasteiger partial charge in [0.2, 0.25) is 0 Å². The van der Waals surface area contributed by atoms with E-state index in [1.807, 2.05) is 30.3 Å². The lowest BCUT2D eigenvalue weighted by atomic mass is 10.2. The first-order valence-electron chi connectivity index (χ1n) is 7.65. The molecular formula is C18H11F3N4S. The van der Waals surface area contributed by atoms with Gasteiger partial charge in [-0.3, -0.25) is 9.67 Å². The van der Waals surface area contributed by atoms with Crippen molar-refractivity contribution in [2.24, 2.45) is 0 Å². The number of halogens is 3. The van der Waals surface area contributed by atoms with Gasteiger partial charge in [-0.2, -0.15) is 18.3 Å². The van der Waals surface area contributed by atoms with Crippen LogP contribution in [0.4, 0.5) is 13.2 Å². The summed E-state index contributed by atoms with van der Waals surface area (Å²) >= 11 is 5.25. The van der Waals surface area contributed by atoms with Gasteiger partial charge in [-0.1, -0.05) is 24.3 Å². The van der Waals surface area contributed by atoms with Crippen molar-refractivity contribution in [3.05, 3.63) is 71.0 Å². The molecule has 0 atom stereocenters. The molecule has 0 spiro atoms. The smallest absolute Gasteiger partial charge is 0.267 e. The van der Waals surface area contributed by atoms with Crippen LogP contribution in [0.25, 0.3) is 28.1 Å². The van der Waals surface area contributed by atoms with Gasteiger partial charge in [0.05, 0.1) is 16.8 Å². The van der Waals surface area contributed by atoms with E-state index >= 15 is 0 Å². The SMILES string of the molecule is FC(F)(F)c1ccc(-n2c(-c3ccc4ccccc4n3)n[nH]c2=S)cc1. The zero-order chi connectivity index (χ0) is 18.3. The van der Waals surface area contributed by atoms with Crippen LogP contribution in [0, 0.1) is 4.77 Å². The number of H-pyrrole nitrogens is 1. The van der Waals surface area contributed by atoms with Crippen molar-refractivity contribution in [3.63, 3.8) is 0 Å². The summed E-state index contributed by atoms with van der Waals surface area (Å²) in [6, 6.07) is 16.1. The van der Waals surface area contributed by atoms with Crippen molar-refractivity contribution < 1.29 is 13.2 Å². The molecule has 0 amide bonds. The van der Waals surface area contributed by atoms with Crippen LogP contribution in [0.2, 0.25) is 0 Å². The highest BCUT2D eigenvalue weighted by Gasteiger charge is 2.30. The van der Waals surface area contributed by atoms with E-state index in [9.17, 15) is 13.2 Å². The molecule has 0 aliphatic rings. The summed E-state index contributed by atoms with van der Waals surface area (Å²) in [5.74, 6) is 0.431. The Balaban J connectivity index is 1.83. The van der Waals surface area contributed by atoms with Crippen LogP contribution in [0.3, 0.4) is 0 Å². The first-order valence-corrected chi connectivity index (χ1v) is 8.05. The van der Waals surface area contributed by atoms with Gasteiger partial charge in [-0.15, -0.1) is 0 Å². The monoisotopic (exact) mass is 372 g/mol. The third kappa shape index (κ3) is 2.88. The van der Waals surface area contributed by atoms with Crippen LogP contribution in [0.5, 0.6) is 0 Å². The molecule has 4 aromatic rings. The first kappa shape index (κ1) is 16.5. The fourth-order valence-electron chi connectivity index (χ4n) is 2.70. The summed E-state index contributed by atoms with van der Waals surface area (Å²) in [5, 5.41) is 7.86. The summed E-state index contributed by atoms with van der Waals surface area (Å²) < 4.78 is 40.2. The number of para-hydroxylation sites is 1. The van der Waals surface area contributed by atoms with Crippen LogP contribution in [-0.2, 0) is 6.18 Å². The topological polar surface area (TPSA) is 46.5 Å². The lowest BCUT2D eigenvalue weighted by Crippen LogP contribution is -2.05.